The van der Waals surface area contributed by atoms with Crippen LogP contribution in [0.25, 0.3) is 0 Å². The maximum atomic E-state index is 11.3. The van der Waals surface area contributed by atoms with Gasteiger partial charge in [0.25, 0.3) is 0 Å². The molecule has 0 radical (unpaired) electrons. The molecule has 1 aromatic rings. The van der Waals surface area contributed by atoms with E-state index in [-0.39, 0.29) is 0 Å². The Morgan fingerprint density at radius 1 is 1.41 bits per heavy atom. The van der Waals surface area contributed by atoms with Crippen molar-refractivity contribution in [3.63, 3.8) is 0 Å². The van der Waals surface area contributed by atoms with Crippen molar-refractivity contribution >= 4 is 27.3 Å². The molecule has 0 amide bonds. The van der Waals surface area contributed by atoms with Crippen LogP contribution in [0.2, 0.25) is 0 Å². The molecule has 9 heteroatoms. The largest absolute Gasteiger partial charge is 0.355 e. The first kappa shape index (κ1) is 18.9. The van der Waals surface area contributed by atoms with Crippen molar-refractivity contribution in [1.82, 2.24) is 20.3 Å². The van der Waals surface area contributed by atoms with Gasteiger partial charge in [0.2, 0.25) is 10.0 Å². The van der Waals surface area contributed by atoms with Gasteiger partial charge in [-0.2, -0.15) is 0 Å². The first-order valence-corrected chi connectivity index (χ1v) is 9.73. The van der Waals surface area contributed by atoms with Crippen LogP contribution in [0.1, 0.15) is 30.7 Å². The van der Waals surface area contributed by atoms with Gasteiger partial charge in [0.15, 0.2) is 5.96 Å². The quantitative estimate of drug-likeness (QED) is 0.498. The van der Waals surface area contributed by atoms with Gasteiger partial charge in [-0.15, -0.1) is 11.3 Å². The third-order valence-electron chi connectivity index (χ3n) is 2.74. The van der Waals surface area contributed by atoms with Gasteiger partial charge >= 0.3 is 0 Å². The molecular weight excluding hydrogens is 322 g/mol. The lowest BCUT2D eigenvalue weighted by molar-refractivity contribution is 0.446. The summed E-state index contributed by atoms with van der Waals surface area (Å²) in [6.07, 6.45) is 4.02. The number of hydrogen-bond donors (Lipinski definition) is 3. The molecule has 0 fully saturated rings. The van der Waals surface area contributed by atoms with Gasteiger partial charge in [0.1, 0.15) is 5.01 Å². The number of guanidine groups is 1. The Bertz CT molecular complexity index is 608. The summed E-state index contributed by atoms with van der Waals surface area (Å²) in [5.41, 5.74) is -0.609. The Kier molecular flexibility index (Phi) is 6.76. The fourth-order valence-corrected chi connectivity index (χ4v) is 3.69. The van der Waals surface area contributed by atoms with Gasteiger partial charge in [-0.3, -0.25) is 4.99 Å². The molecule has 0 spiro atoms. The predicted octanol–water partition coefficient (Wildman–Crippen LogP) is 0.698. The summed E-state index contributed by atoms with van der Waals surface area (Å²) in [5.74, 6) is 0.608. The van der Waals surface area contributed by atoms with E-state index in [2.05, 4.69) is 32.3 Å². The van der Waals surface area contributed by atoms with Crippen LogP contribution < -0.4 is 15.4 Å². The molecule has 0 atom stereocenters. The van der Waals surface area contributed by atoms with Crippen LogP contribution in [-0.2, 0) is 23.0 Å². The highest BCUT2D eigenvalue weighted by Crippen LogP contribution is 2.12. The minimum absolute atomic E-state index is 0.415. The number of aliphatic imine (C=N–C) groups is 1. The van der Waals surface area contributed by atoms with Gasteiger partial charge < -0.3 is 10.6 Å². The van der Waals surface area contributed by atoms with Gasteiger partial charge in [0, 0.05) is 30.2 Å². The Hall–Kier alpha value is -1.19. The molecule has 0 saturated heterocycles. The molecule has 0 aliphatic heterocycles. The summed E-state index contributed by atoms with van der Waals surface area (Å²) >= 11 is 1.67. The second kappa shape index (κ2) is 7.89. The number of nitrogens with one attached hydrogen (secondary N) is 3. The second-order valence-electron chi connectivity index (χ2n) is 5.61. The van der Waals surface area contributed by atoms with E-state index in [9.17, 15) is 8.42 Å². The van der Waals surface area contributed by atoms with Gasteiger partial charge in [-0.25, -0.2) is 18.1 Å². The highest BCUT2D eigenvalue weighted by molar-refractivity contribution is 7.88. The molecule has 0 aliphatic carbocycles. The number of nitrogens with zero attached hydrogens (tertiary/aromatic N) is 2. The zero-order chi connectivity index (χ0) is 16.8. The lowest BCUT2D eigenvalue weighted by Crippen LogP contribution is -2.52. The molecule has 0 saturated carbocycles. The Labute approximate surface area is 136 Å². The third kappa shape index (κ3) is 7.19. The van der Waals surface area contributed by atoms with Crippen LogP contribution in [0.3, 0.4) is 0 Å². The van der Waals surface area contributed by atoms with Gasteiger partial charge in [0.05, 0.1) is 12.8 Å². The van der Waals surface area contributed by atoms with E-state index >= 15 is 0 Å². The molecule has 1 rings (SSSR count). The van der Waals surface area contributed by atoms with Crippen molar-refractivity contribution in [3.05, 3.63) is 16.1 Å². The van der Waals surface area contributed by atoms with E-state index in [0.29, 0.717) is 19.0 Å². The van der Waals surface area contributed by atoms with Crippen molar-refractivity contribution in [2.24, 2.45) is 4.99 Å². The summed E-state index contributed by atoms with van der Waals surface area (Å²) in [6, 6.07) is 0. The van der Waals surface area contributed by atoms with E-state index in [0.717, 1.165) is 17.7 Å². The number of thiazole rings is 1. The molecule has 22 heavy (non-hydrogen) atoms. The number of aromatic nitrogens is 1. The zero-order valence-corrected chi connectivity index (χ0v) is 15.4. The minimum Gasteiger partial charge on any atom is -0.355 e. The highest BCUT2D eigenvalue weighted by atomic mass is 32.2. The summed E-state index contributed by atoms with van der Waals surface area (Å²) in [5, 5.41) is 7.27. The maximum Gasteiger partial charge on any atom is 0.209 e. The van der Waals surface area contributed by atoms with Crippen LogP contribution in [0.15, 0.2) is 11.2 Å². The molecule has 1 aromatic heterocycles. The van der Waals surface area contributed by atoms with Crippen LogP contribution in [0, 0.1) is 0 Å². The number of sulfonamides is 1. The first-order valence-electron chi connectivity index (χ1n) is 7.02. The molecule has 0 unspecified atom stereocenters. The van der Waals surface area contributed by atoms with Crippen LogP contribution in [0.4, 0.5) is 0 Å². The fourth-order valence-electron chi connectivity index (χ4n) is 1.82. The molecular formula is C13H25N5O2S2. The Balaban J connectivity index is 2.48. The zero-order valence-electron chi connectivity index (χ0n) is 13.7. The third-order valence-corrected chi connectivity index (χ3v) is 4.81. The van der Waals surface area contributed by atoms with E-state index in [1.165, 1.54) is 4.88 Å². The normalized spacial score (nSPS) is 13.2. The molecule has 0 aromatic carbocycles. The predicted molar refractivity (Wildman–Crippen MR) is 91.8 cm³/mol. The van der Waals surface area contributed by atoms with Crippen LogP contribution in [0.5, 0.6) is 0 Å². The highest BCUT2D eigenvalue weighted by Gasteiger charge is 2.22. The van der Waals surface area contributed by atoms with Crippen molar-refractivity contribution in [1.29, 1.82) is 0 Å². The second-order valence-corrected chi connectivity index (χ2v) is 8.56. The van der Waals surface area contributed by atoms with Crippen LogP contribution in [-0.4, -0.2) is 44.7 Å². The molecule has 0 bridgehead atoms. The van der Waals surface area contributed by atoms with Crippen molar-refractivity contribution in [3.8, 4) is 0 Å². The number of rotatable bonds is 7. The maximum absolute atomic E-state index is 11.3. The van der Waals surface area contributed by atoms with Gasteiger partial charge in [-0.1, -0.05) is 6.92 Å². The molecule has 7 nitrogen and oxygen atoms in total. The SMILES string of the molecule is CCc1cnc(CNC(=NC)NCC(C)(C)NS(C)(=O)=O)s1. The van der Waals surface area contributed by atoms with E-state index in [4.69, 9.17) is 0 Å². The lowest BCUT2D eigenvalue weighted by Gasteiger charge is -2.26. The fraction of sp³-hybridized carbons (Fsp3) is 0.692. The van der Waals surface area contributed by atoms with E-state index in [1.807, 2.05) is 20.0 Å². The smallest absolute Gasteiger partial charge is 0.209 e. The molecule has 126 valence electrons. The summed E-state index contributed by atoms with van der Waals surface area (Å²) in [4.78, 5) is 9.70. The average Bonchev–Trinajstić information content (AvgIpc) is 2.84. The van der Waals surface area contributed by atoms with E-state index < -0.39 is 15.6 Å². The minimum atomic E-state index is -3.25. The molecule has 1 heterocycles. The van der Waals surface area contributed by atoms with Crippen molar-refractivity contribution < 1.29 is 8.42 Å². The first-order chi connectivity index (χ1) is 10.1. The Morgan fingerprint density at radius 3 is 2.59 bits per heavy atom. The van der Waals surface area contributed by atoms with Crippen molar-refractivity contribution in [2.75, 3.05) is 19.8 Å². The number of aryl methyl sites for hydroxylation is 1. The van der Waals surface area contributed by atoms with Gasteiger partial charge in [-0.05, 0) is 20.3 Å². The monoisotopic (exact) mass is 347 g/mol. The summed E-state index contributed by atoms with van der Waals surface area (Å²) < 4.78 is 25.2. The van der Waals surface area contributed by atoms with Crippen LogP contribution >= 0.6 is 11.3 Å². The topological polar surface area (TPSA) is 95.5 Å². The summed E-state index contributed by atoms with van der Waals surface area (Å²) in [7, 11) is -1.58. The number of hydrogen-bond acceptors (Lipinski definition) is 5. The molecule has 0 aliphatic rings. The van der Waals surface area contributed by atoms with Crippen molar-refractivity contribution in [2.45, 2.75) is 39.3 Å². The average molecular weight is 348 g/mol. The summed E-state index contributed by atoms with van der Waals surface area (Å²) in [6.45, 7) is 6.72. The Morgan fingerprint density at radius 2 is 2.09 bits per heavy atom. The lowest BCUT2D eigenvalue weighted by atomic mass is 10.1. The standard InChI is InChI=1S/C13H25N5O2S2/c1-6-10-7-15-11(21-10)8-16-12(14-4)17-9-13(2,3)18-22(5,19)20/h7,18H,6,8-9H2,1-5H3,(H2,14,16,17). The molecule has 3 N–H and O–H groups in total. The van der Waals surface area contributed by atoms with E-state index in [1.54, 1.807) is 18.4 Å².